The second kappa shape index (κ2) is 9.47. The number of carbonyl (C=O) groups is 1. The number of pyridine rings is 1. The number of hydrogen-bond donors (Lipinski definition) is 1. The molecular formula is C24H20FN7O2S. The van der Waals surface area contributed by atoms with Crippen LogP contribution in [0.5, 0.6) is 5.75 Å². The summed E-state index contributed by atoms with van der Waals surface area (Å²) in [6.07, 6.45) is 1.61. The van der Waals surface area contributed by atoms with Gasteiger partial charge in [-0.3, -0.25) is 10.1 Å². The average molecular weight is 490 g/mol. The van der Waals surface area contributed by atoms with Crippen LogP contribution < -0.4 is 15.0 Å². The molecule has 11 heteroatoms. The van der Waals surface area contributed by atoms with E-state index in [1.807, 2.05) is 36.2 Å². The minimum atomic E-state index is -0.454. The maximum absolute atomic E-state index is 14.2. The third-order valence-corrected chi connectivity index (χ3v) is 6.30. The first kappa shape index (κ1) is 22.4. The molecule has 1 amide bonds. The lowest BCUT2D eigenvalue weighted by atomic mass is 10.2. The van der Waals surface area contributed by atoms with E-state index in [2.05, 4.69) is 25.6 Å². The Morgan fingerprint density at radius 3 is 2.69 bits per heavy atom. The fourth-order valence-electron chi connectivity index (χ4n) is 3.55. The SMILES string of the molecule is COc1ccc(N(C)c2nnc(NC(=O)c3nn(Cc4ccccc4F)c4ncccc34)s2)cc1. The highest BCUT2D eigenvalue weighted by Gasteiger charge is 2.21. The maximum Gasteiger partial charge on any atom is 0.278 e. The average Bonchev–Trinajstić information content (AvgIpc) is 3.50. The summed E-state index contributed by atoms with van der Waals surface area (Å²) in [6.45, 7) is 0.142. The van der Waals surface area contributed by atoms with E-state index >= 15 is 0 Å². The van der Waals surface area contributed by atoms with Crippen molar-refractivity contribution in [2.24, 2.45) is 0 Å². The quantitative estimate of drug-likeness (QED) is 0.359. The predicted octanol–water partition coefficient (Wildman–Crippen LogP) is 4.50. The first-order chi connectivity index (χ1) is 17.0. The topological polar surface area (TPSA) is 98.1 Å². The molecule has 9 nitrogen and oxygen atoms in total. The number of amides is 1. The van der Waals surface area contributed by atoms with Crippen molar-refractivity contribution < 1.29 is 13.9 Å². The summed E-state index contributed by atoms with van der Waals surface area (Å²) >= 11 is 1.23. The molecule has 2 aromatic carbocycles. The number of benzene rings is 2. The Hall–Kier alpha value is -4.38. The Labute approximate surface area is 203 Å². The molecule has 35 heavy (non-hydrogen) atoms. The minimum Gasteiger partial charge on any atom is -0.497 e. The predicted molar refractivity (Wildman–Crippen MR) is 132 cm³/mol. The van der Waals surface area contributed by atoms with Crippen LogP contribution in [0.1, 0.15) is 16.1 Å². The number of methoxy groups -OCH3 is 1. The van der Waals surface area contributed by atoms with Crippen molar-refractivity contribution in [2.45, 2.75) is 6.54 Å². The summed E-state index contributed by atoms with van der Waals surface area (Å²) in [6, 6.07) is 17.4. The van der Waals surface area contributed by atoms with E-state index in [1.54, 1.807) is 43.6 Å². The van der Waals surface area contributed by atoms with Gasteiger partial charge in [0.15, 0.2) is 11.3 Å². The molecule has 176 valence electrons. The summed E-state index contributed by atoms with van der Waals surface area (Å²) in [4.78, 5) is 19.3. The third-order valence-electron chi connectivity index (χ3n) is 5.38. The Morgan fingerprint density at radius 1 is 1.11 bits per heavy atom. The van der Waals surface area contributed by atoms with E-state index in [1.165, 1.54) is 22.1 Å². The van der Waals surface area contributed by atoms with E-state index in [0.717, 1.165) is 11.4 Å². The van der Waals surface area contributed by atoms with E-state index in [9.17, 15) is 9.18 Å². The van der Waals surface area contributed by atoms with Crippen molar-refractivity contribution in [1.29, 1.82) is 0 Å². The molecule has 0 aliphatic carbocycles. The number of anilines is 3. The summed E-state index contributed by atoms with van der Waals surface area (Å²) in [5.41, 5.74) is 2.00. The first-order valence-corrected chi connectivity index (χ1v) is 11.4. The molecule has 0 aliphatic heterocycles. The number of nitrogens with zero attached hydrogens (tertiary/aromatic N) is 6. The highest BCUT2D eigenvalue weighted by molar-refractivity contribution is 7.19. The molecule has 0 fully saturated rings. The summed E-state index contributed by atoms with van der Waals surface area (Å²) in [7, 11) is 3.47. The maximum atomic E-state index is 14.2. The molecule has 0 radical (unpaired) electrons. The monoisotopic (exact) mass is 489 g/mol. The van der Waals surface area contributed by atoms with Gasteiger partial charge in [0.2, 0.25) is 10.3 Å². The van der Waals surface area contributed by atoms with Crippen LogP contribution in [0.3, 0.4) is 0 Å². The zero-order valence-corrected chi connectivity index (χ0v) is 19.7. The van der Waals surface area contributed by atoms with Crippen LogP contribution in [-0.4, -0.2) is 45.0 Å². The van der Waals surface area contributed by atoms with Crippen molar-refractivity contribution >= 4 is 44.2 Å². The molecule has 0 saturated heterocycles. The van der Waals surface area contributed by atoms with Crippen LogP contribution in [0, 0.1) is 5.82 Å². The van der Waals surface area contributed by atoms with Crippen LogP contribution in [0.4, 0.5) is 20.3 Å². The lowest BCUT2D eigenvalue weighted by Gasteiger charge is -2.15. The standard InChI is InChI=1S/C24H20FN7O2S/c1-31(16-9-11-17(34-2)12-10-16)24-29-28-23(35-24)27-22(33)20-18-7-5-13-26-21(18)32(30-20)14-15-6-3-4-8-19(15)25/h3-13H,14H2,1-2H3,(H,27,28,33). The lowest BCUT2D eigenvalue weighted by molar-refractivity contribution is 0.102. The molecule has 3 heterocycles. The van der Waals surface area contributed by atoms with Gasteiger partial charge in [-0.2, -0.15) is 5.10 Å². The normalized spacial score (nSPS) is 10.9. The number of rotatable bonds is 7. The molecule has 0 atom stereocenters. The Balaban J connectivity index is 1.37. The van der Waals surface area contributed by atoms with Gasteiger partial charge in [0.25, 0.3) is 5.91 Å². The highest BCUT2D eigenvalue weighted by atomic mass is 32.1. The van der Waals surface area contributed by atoms with Gasteiger partial charge in [-0.05, 0) is 42.5 Å². The number of carbonyl (C=O) groups excluding carboxylic acids is 1. The molecule has 5 rings (SSSR count). The molecule has 0 aliphatic rings. The van der Waals surface area contributed by atoms with Gasteiger partial charge >= 0.3 is 0 Å². The van der Waals surface area contributed by atoms with Gasteiger partial charge in [-0.15, -0.1) is 10.2 Å². The molecule has 0 spiro atoms. The number of hydrogen-bond acceptors (Lipinski definition) is 8. The summed E-state index contributed by atoms with van der Waals surface area (Å²) < 4.78 is 20.9. The van der Waals surface area contributed by atoms with Gasteiger partial charge in [-0.1, -0.05) is 29.5 Å². The van der Waals surface area contributed by atoms with Crippen molar-refractivity contribution in [2.75, 3.05) is 24.4 Å². The van der Waals surface area contributed by atoms with Crippen molar-refractivity contribution in [3.05, 3.63) is 83.9 Å². The molecule has 5 aromatic rings. The van der Waals surface area contributed by atoms with Gasteiger partial charge in [-0.25, -0.2) is 14.1 Å². The summed E-state index contributed by atoms with van der Waals surface area (Å²) in [5.74, 6) is -0.0472. The third kappa shape index (κ3) is 4.53. The zero-order chi connectivity index (χ0) is 24.4. The molecule has 1 N–H and O–H groups in total. The van der Waals surface area contributed by atoms with Crippen LogP contribution >= 0.6 is 11.3 Å². The number of aromatic nitrogens is 5. The van der Waals surface area contributed by atoms with E-state index in [4.69, 9.17) is 4.74 Å². The molecule has 0 saturated carbocycles. The molecule has 3 aromatic heterocycles. The van der Waals surface area contributed by atoms with Crippen LogP contribution in [-0.2, 0) is 6.54 Å². The van der Waals surface area contributed by atoms with Crippen LogP contribution in [0.25, 0.3) is 11.0 Å². The smallest absolute Gasteiger partial charge is 0.278 e. The van der Waals surface area contributed by atoms with Crippen molar-refractivity contribution in [1.82, 2.24) is 25.0 Å². The van der Waals surface area contributed by atoms with E-state index in [0.29, 0.717) is 26.9 Å². The molecule has 0 unspecified atom stereocenters. The first-order valence-electron chi connectivity index (χ1n) is 10.6. The van der Waals surface area contributed by atoms with Gasteiger partial charge in [0.1, 0.15) is 11.6 Å². The van der Waals surface area contributed by atoms with E-state index < -0.39 is 5.91 Å². The van der Waals surface area contributed by atoms with Crippen molar-refractivity contribution in [3.8, 4) is 5.75 Å². The summed E-state index contributed by atoms with van der Waals surface area (Å²) in [5, 5.41) is 17.0. The van der Waals surface area contributed by atoms with Gasteiger partial charge in [0, 0.05) is 24.5 Å². The number of fused-ring (bicyclic) bond motifs is 1. The van der Waals surface area contributed by atoms with Crippen LogP contribution in [0.15, 0.2) is 66.9 Å². The van der Waals surface area contributed by atoms with Crippen LogP contribution in [0.2, 0.25) is 0 Å². The fourth-order valence-corrected chi connectivity index (χ4v) is 4.27. The molecule has 0 bridgehead atoms. The molecular weight excluding hydrogens is 469 g/mol. The second-order valence-electron chi connectivity index (χ2n) is 7.57. The number of nitrogens with one attached hydrogen (secondary N) is 1. The Bertz CT molecular complexity index is 1500. The number of ether oxygens (including phenoxy) is 1. The zero-order valence-electron chi connectivity index (χ0n) is 18.8. The van der Waals surface area contributed by atoms with Crippen molar-refractivity contribution in [3.63, 3.8) is 0 Å². The highest BCUT2D eigenvalue weighted by Crippen LogP contribution is 2.30. The Kier molecular flexibility index (Phi) is 6.06. The lowest BCUT2D eigenvalue weighted by Crippen LogP contribution is -2.14. The van der Waals surface area contributed by atoms with E-state index in [-0.39, 0.29) is 18.1 Å². The van der Waals surface area contributed by atoms with Gasteiger partial charge in [0.05, 0.1) is 19.0 Å². The fraction of sp³-hybridized carbons (Fsp3) is 0.125. The minimum absolute atomic E-state index is 0.142. The number of halogens is 1. The van der Waals surface area contributed by atoms with Gasteiger partial charge < -0.3 is 9.64 Å². The largest absolute Gasteiger partial charge is 0.497 e. The Morgan fingerprint density at radius 2 is 1.91 bits per heavy atom. The second-order valence-corrected chi connectivity index (χ2v) is 8.53.